The number of hydrogen-bond acceptors (Lipinski definition) is 3. The molecule has 0 fully saturated rings. The molecule has 0 amide bonds. The molecule has 5 heteroatoms. The van der Waals surface area contributed by atoms with E-state index in [1.54, 1.807) is 0 Å². The third-order valence-corrected chi connectivity index (χ3v) is 12.5. The van der Waals surface area contributed by atoms with Gasteiger partial charge in [0.25, 0.3) is 0 Å². The molecule has 4 aromatic heterocycles. The highest BCUT2D eigenvalue weighted by atomic mass is 15.1. The number of para-hydroxylation sites is 2. The number of fused-ring (bicyclic) bond motifs is 12. The van der Waals surface area contributed by atoms with Crippen LogP contribution in [0.25, 0.3) is 121 Å². The van der Waals surface area contributed by atoms with Crippen LogP contribution in [0.1, 0.15) is 0 Å². The molecule has 4 heterocycles. The molecule has 9 aromatic carbocycles. The summed E-state index contributed by atoms with van der Waals surface area (Å²) in [7, 11) is 0. The number of benzene rings is 9. The second-order valence-corrected chi connectivity index (χ2v) is 16.0. The van der Waals surface area contributed by atoms with E-state index >= 15 is 0 Å². The van der Waals surface area contributed by atoms with Gasteiger partial charge >= 0.3 is 0 Å². The van der Waals surface area contributed by atoms with Crippen LogP contribution in [0, 0.1) is 0 Å². The van der Waals surface area contributed by atoms with Crippen LogP contribution in [0.2, 0.25) is 0 Å². The van der Waals surface area contributed by atoms with E-state index in [0.717, 1.165) is 72.9 Å². The van der Waals surface area contributed by atoms with Gasteiger partial charge in [-0.2, -0.15) is 0 Å². The SMILES string of the molecule is c1ccc(-c2nc3ccc(-c4cccc(-n5c6ccccc6c6cc7c8c9ccccc9c9ccccc9c8n(-c8ccccc8)c7cc65)n4)cc3nc2-c2ccccc2)cc1. The van der Waals surface area contributed by atoms with E-state index in [0.29, 0.717) is 0 Å². The van der Waals surface area contributed by atoms with Gasteiger partial charge in [0.15, 0.2) is 0 Å². The lowest BCUT2D eigenvalue weighted by molar-refractivity contribution is 1.08. The maximum atomic E-state index is 5.43. The quantitative estimate of drug-likeness (QED) is 0.163. The summed E-state index contributed by atoms with van der Waals surface area (Å²) in [6.45, 7) is 0. The van der Waals surface area contributed by atoms with E-state index in [1.807, 2.05) is 36.4 Å². The Morgan fingerprint density at radius 2 is 0.887 bits per heavy atom. The lowest BCUT2D eigenvalue weighted by atomic mass is 9.96. The molecule has 0 radical (unpaired) electrons. The molecule has 0 atom stereocenters. The predicted octanol–water partition coefficient (Wildman–Crippen LogP) is 14.5. The average molecular weight is 790 g/mol. The summed E-state index contributed by atoms with van der Waals surface area (Å²) in [5, 5.41) is 9.88. The molecule has 5 nitrogen and oxygen atoms in total. The largest absolute Gasteiger partial charge is 0.309 e. The fourth-order valence-corrected chi connectivity index (χ4v) is 9.75. The minimum Gasteiger partial charge on any atom is -0.309 e. The smallest absolute Gasteiger partial charge is 0.138 e. The van der Waals surface area contributed by atoms with Crippen LogP contribution in [0.3, 0.4) is 0 Å². The van der Waals surface area contributed by atoms with Crippen molar-refractivity contribution < 1.29 is 0 Å². The minimum absolute atomic E-state index is 0.821. The van der Waals surface area contributed by atoms with Gasteiger partial charge in [0.1, 0.15) is 5.82 Å². The zero-order valence-electron chi connectivity index (χ0n) is 33.4. The van der Waals surface area contributed by atoms with Gasteiger partial charge in [-0.05, 0) is 70.8 Å². The molecule has 0 saturated heterocycles. The Labute approximate surface area is 356 Å². The Bertz CT molecular complexity index is 3910. The van der Waals surface area contributed by atoms with Crippen molar-refractivity contribution in [1.82, 2.24) is 24.1 Å². The molecule has 0 N–H and O–H groups in total. The van der Waals surface area contributed by atoms with E-state index in [9.17, 15) is 0 Å². The lowest BCUT2D eigenvalue weighted by Crippen LogP contribution is -1.99. The van der Waals surface area contributed by atoms with Crippen molar-refractivity contribution in [2.75, 3.05) is 0 Å². The molecule has 13 aromatic rings. The summed E-state index contributed by atoms with van der Waals surface area (Å²) in [4.78, 5) is 15.9. The van der Waals surface area contributed by atoms with Crippen LogP contribution in [0.4, 0.5) is 0 Å². The Balaban J connectivity index is 1.05. The lowest BCUT2D eigenvalue weighted by Gasteiger charge is -2.13. The van der Waals surface area contributed by atoms with Crippen molar-refractivity contribution in [3.8, 4) is 45.3 Å². The molecule has 62 heavy (non-hydrogen) atoms. The van der Waals surface area contributed by atoms with E-state index in [-0.39, 0.29) is 0 Å². The van der Waals surface area contributed by atoms with Crippen LogP contribution in [-0.2, 0) is 0 Å². The second-order valence-electron chi connectivity index (χ2n) is 16.0. The summed E-state index contributed by atoms with van der Waals surface area (Å²) >= 11 is 0. The number of nitrogens with zero attached hydrogens (tertiary/aromatic N) is 5. The molecule has 0 aliphatic carbocycles. The normalized spacial score (nSPS) is 11.9. The van der Waals surface area contributed by atoms with Crippen LogP contribution in [0.15, 0.2) is 212 Å². The summed E-state index contributed by atoms with van der Waals surface area (Å²) in [6.07, 6.45) is 0. The molecule has 0 aliphatic rings. The Kier molecular flexibility index (Phi) is 7.54. The molecule has 0 spiro atoms. The monoisotopic (exact) mass is 789 g/mol. The van der Waals surface area contributed by atoms with Crippen LogP contribution in [0.5, 0.6) is 0 Å². The molecule has 0 saturated carbocycles. The Morgan fingerprint density at radius 3 is 1.61 bits per heavy atom. The predicted molar refractivity (Wildman–Crippen MR) is 257 cm³/mol. The molecular weight excluding hydrogens is 755 g/mol. The summed E-state index contributed by atoms with van der Waals surface area (Å²) in [5.74, 6) is 0.849. The first kappa shape index (κ1) is 34.5. The fraction of sp³-hybridized carbons (Fsp3) is 0. The first-order valence-electron chi connectivity index (χ1n) is 21.0. The van der Waals surface area contributed by atoms with Crippen LogP contribution >= 0.6 is 0 Å². The Morgan fingerprint density at radius 1 is 0.306 bits per heavy atom. The van der Waals surface area contributed by atoms with E-state index < -0.39 is 0 Å². The molecule has 13 rings (SSSR count). The number of pyridine rings is 1. The van der Waals surface area contributed by atoms with Crippen molar-refractivity contribution in [2.24, 2.45) is 0 Å². The number of hydrogen-bond donors (Lipinski definition) is 0. The third-order valence-electron chi connectivity index (χ3n) is 12.5. The number of aromatic nitrogens is 5. The molecule has 288 valence electrons. The topological polar surface area (TPSA) is 48.5 Å². The van der Waals surface area contributed by atoms with Crippen molar-refractivity contribution in [2.45, 2.75) is 0 Å². The molecular formula is C57H35N5. The highest BCUT2D eigenvalue weighted by Gasteiger charge is 2.23. The van der Waals surface area contributed by atoms with E-state index in [4.69, 9.17) is 15.0 Å². The minimum atomic E-state index is 0.821. The van der Waals surface area contributed by atoms with Crippen LogP contribution in [-0.4, -0.2) is 24.1 Å². The average Bonchev–Trinajstić information content (AvgIpc) is 3.86. The highest BCUT2D eigenvalue weighted by molar-refractivity contribution is 6.33. The van der Waals surface area contributed by atoms with Gasteiger partial charge in [-0.25, -0.2) is 15.0 Å². The zero-order valence-corrected chi connectivity index (χ0v) is 33.4. The van der Waals surface area contributed by atoms with Gasteiger partial charge in [-0.15, -0.1) is 0 Å². The molecule has 0 unspecified atom stereocenters. The standard InChI is InChI=1S/C57H35N5/c1-4-17-36(18-5-1)55-56(37-19-6-2-7-20-37)60-49-33-38(31-32-48(49)59-55)47-28-16-30-53(58-47)62-50-29-15-14-25-42(50)45-34-46-52(35-51(45)62)61(39-21-8-3-9-22-39)57-44-27-13-11-24-41(44)40-23-10-12-26-43(40)54(46)57/h1-35H. The third kappa shape index (κ3) is 5.18. The first-order chi connectivity index (χ1) is 30.8. The number of rotatable bonds is 5. The maximum Gasteiger partial charge on any atom is 0.138 e. The van der Waals surface area contributed by atoms with E-state index in [1.165, 1.54) is 48.6 Å². The van der Waals surface area contributed by atoms with Crippen molar-refractivity contribution in [1.29, 1.82) is 0 Å². The first-order valence-corrected chi connectivity index (χ1v) is 21.0. The van der Waals surface area contributed by atoms with Crippen molar-refractivity contribution in [3.05, 3.63) is 212 Å². The van der Waals surface area contributed by atoms with Gasteiger partial charge < -0.3 is 4.57 Å². The van der Waals surface area contributed by atoms with Crippen LogP contribution < -0.4 is 0 Å². The molecule has 0 aliphatic heterocycles. The van der Waals surface area contributed by atoms with Crippen molar-refractivity contribution >= 4 is 76.2 Å². The van der Waals surface area contributed by atoms with Gasteiger partial charge in [-0.1, -0.05) is 158 Å². The Hall–Kier alpha value is -8.41. The summed E-state index contributed by atoms with van der Waals surface area (Å²) in [6, 6.07) is 75.3. The van der Waals surface area contributed by atoms with Crippen molar-refractivity contribution in [3.63, 3.8) is 0 Å². The summed E-state index contributed by atoms with van der Waals surface area (Å²) in [5.41, 5.74) is 13.0. The van der Waals surface area contributed by atoms with Gasteiger partial charge in [-0.3, -0.25) is 4.57 Å². The zero-order chi connectivity index (χ0) is 40.7. The second kappa shape index (κ2) is 13.6. The van der Waals surface area contributed by atoms with Gasteiger partial charge in [0.2, 0.25) is 0 Å². The maximum absolute atomic E-state index is 5.43. The fourth-order valence-electron chi connectivity index (χ4n) is 9.75. The van der Waals surface area contributed by atoms with Gasteiger partial charge in [0, 0.05) is 49.3 Å². The summed E-state index contributed by atoms with van der Waals surface area (Å²) < 4.78 is 4.80. The van der Waals surface area contributed by atoms with Gasteiger partial charge in [0.05, 0.1) is 50.2 Å². The molecule has 0 bridgehead atoms. The highest BCUT2D eigenvalue weighted by Crippen LogP contribution is 2.45. The van der Waals surface area contributed by atoms with E-state index in [2.05, 4.69) is 185 Å².